The molecule has 0 amide bonds. The van der Waals surface area contributed by atoms with Gasteiger partial charge in [-0.25, -0.2) is 0 Å². The highest BCUT2D eigenvalue weighted by molar-refractivity contribution is 4.97. The van der Waals surface area contributed by atoms with Gasteiger partial charge in [-0.1, -0.05) is 33.1 Å². The summed E-state index contributed by atoms with van der Waals surface area (Å²) in [5.74, 6) is 0.475. The average Bonchev–Trinajstić information content (AvgIpc) is 2.48. The van der Waals surface area contributed by atoms with Crippen molar-refractivity contribution in [3.63, 3.8) is 0 Å². The van der Waals surface area contributed by atoms with Gasteiger partial charge >= 0.3 is 6.18 Å². The minimum absolute atomic E-state index is 0.243. The Morgan fingerprint density at radius 2 is 1.88 bits per heavy atom. The van der Waals surface area contributed by atoms with Crippen LogP contribution in [0.15, 0.2) is 0 Å². The van der Waals surface area contributed by atoms with Crippen LogP contribution in [0.3, 0.4) is 0 Å². The van der Waals surface area contributed by atoms with Crippen LogP contribution in [0.5, 0.6) is 0 Å². The van der Waals surface area contributed by atoms with Crippen LogP contribution in [0.1, 0.15) is 58.8 Å². The standard InChI is InChI=1S/C13H24F3N/c1-3-10-17-12(13(14,15)16)8-5-6-11(4-2)7-9-12/h11,17H,3-10H2,1-2H3. The lowest BCUT2D eigenvalue weighted by molar-refractivity contribution is -0.201. The fourth-order valence-electron chi connectivity index (χ4n) is 2.75. The molecule has 0 bridgehead atoms. The lowest BCUT2D eigenvalue weighted by Gasteiger charge is -2.36. The SMILES string of the molecule is CCCNC1(C(F)(F)F)CCCC(CC)CC1. The van der Waals surface area contributed by atoms with Gasteiger partial charge in [-0.15, -0.1) is 0 Å². The molecule has 2 unspecified atom stereocenters. The third-order valence-electron chi connectivity index (χ3n) is 4.03. The lowest BCUT2D eigenvalue weighted by Crippen LogP contribution is -2.56. The molecular weight excluding hydrogens is 227 g/mol. The molecule has 0 heterocycles. The molecule has 17 heavy (non-hydrogen) atoms. The fourth-order valence-corrected chi connectivity index (χ4v) is 2.75. The van der Waals surface area contributed by atoms with Crippen LogP contribution in [-0.4, -0.2) is 18.3 Å². The average molecular weight is 251 g/mol. The quantitative estimate of drug-likeness (QED) is 0.735. The summed E-state index contributed by atoms with van der Waals surface area (Å²) >= 11 is 0. The van der Waals surface area contributed by atoms with E-state index in [-0.39, 0.29) is 12.8 Å². The first-order valence-electron chi connectivity index (χ1n) is 6.77. The predicted molar refractivity (Wildman–Crippen MR) is 63.9 cm³/mol. The van der Waals surface area contributed by atoms with Crippen LogP contribution >= 0.6 is 0 Å². The van der Waals surface area contributed by atoms with E-state index in [2.05, 4.69) is 12.2 Å². The van der Waals surface area contributed by atoms with Gasteiger partial charge < -0.3 is 5.32 Å². The van der Waals surface area contributed by atoms with Gasteiger partial charge in [0.2, 0.25) is 0 Å². The Morgan fingerprint density at radius 3 is 2.41 bits per heavy atom. The molecule has 0 radical (unpaired) electrons. The summed E-state index contributed by atoms with van der Waals surface area (Å²) in [5.41, 5.74) is -1.62. The summed E-state index contributed by atoms with van der Waals surface area (Å²) < 4.78 is 39.8. The summed E-state index contributed by atoms with van der Waals surface area (Å²) in [7, 11) is 0. The van der Waals surface area contributed by atoms with Gasteiger partial charge in [0.25, 0.3) is 0 Å². The normalized spacial score (nSPS) is 31.2. The van der Waals surface area contributed by atoms with E-state index in [9.17, 15) is 13.2 Å². The zero-order valence-corrected chi connectivity index (χ0v) is 10.9. The first-order chi connectivity index (χ1) is 7.95. The van der Waals surface area contributed by atoms with Crippen molar-refractivity contribution in [2.24, 2.45) is 5.92 Å². The van der Waals surface area contributed by atoms with Gasteiger partial charge in [-0.2, -0.15) is 13.2 Å². The molecule has 1 nitrogen and oxygen atoms in total. The number of rotatable bonds is 4. The second kappa shape index (κ2) is 6.07. The van der Waals surface area contributed by atoms with Crippen molar-refractivity contribution in [2.75, 3.05) is 6.54 Å². The van der Waals surface area contributed by atoms with E-state index in [0.717, 1.165) is 19.3 Å². The van der Waals surface area contributed by atoms with E-state index in [1.54, 1.807) is 0 Å². The Morgan fingerprint density at radius 1 is 1.18 bits per heavy atom. The summed E-state index contributed by atoms with van der Waals surface area (Å²) in [5, 5.41) is 2.78. The molecule has 0 aromatic carbocycles. The van der Waals surface area contributed by atoms with Gasteiger partial charge in [-0.05, 0) is 38.1 Å². The van der Waals surface area contributed by atoms with E-state index in [0.29, 0.717) is 25.3 Å². The summed E-state index contributed by atoms with van der Waals surface area (Å²) in [6, 6.07) is 0. The molecule has 0 spiro atoms. The van der Waals surface area contributed by atoms with E-state index in [4.69, 9.17) is 0 Å². The highest BCUT2D eigenvalue weighted by Crippen LogP contribution is 2.42. The molecule has 1 aliphatic rings. The van der Waals surface area contributed by atoms with E-state index in [1.165, 1.54) is 0 Å². The Kier molecular flexibility index (Phi) is 5.29. The van der Waals surface area contributed by atoms with Gasteiger partial charge in [0.15, 0.2) is 0 Å². The summed E-state index contributed by atoms with van der Waals surface area (Å²) in [6.45, 7) is 4.43. The number of nitrogens with one attached hydrogen (secondary N) is 1. The molecule has 1 N–H and O–H groups in total. The highest BCUT2D eigenvalue weighted by atomic mass is 19.4. The number of hydrogen-bond donors (Lipinski definition) is 1. The maximum absolute atomic E-state index is 13.3. The molecule has 1 fully saturated rings. The smallest absolute Gasteiger partial charge is 0.304 e. The zero-order valence-electron chi connectivity index (χ0n) is 10.9. The van der Waals surface area contributed by atoms with E-state index >= 15 is 0 Å². The van der Waals surface area contributed by atoms with Crippen molar-refractivity contribution < 1.29 is 13.2 Å². The van der Waals surface area contributed by atoms with Crippen molar-refractivity contribution in [1.82, 2.24) is 5.32 Å². The molecular formula is C13H24F3N. The predicted octanol–water partition coefficient (Wildman–Crippen LogP) is 4.28. The molecule has 1 saturated carbocycles. The number of alkyl halides is 3. The van der Waals surface area contributed by atoms with Crippen molar-refractivity contribution in [3.8, 4) is 0 Å². The summed E-state index contributed by atoms with van der Waals surface area (Å²) in [6.07, 6.45) is 0.452. The maximum atomic E-state index is 13.3. The molecule has 1 aliphatic carbocycles. The van der Waals surface area contributed by atoms with Gasteiger partial charge in [-0.3, -0.25) is 0 Å². The van der Waals surface area contributed by atoms with Crippen molar-refractivity contribution in [3.05, 3.63) is 0 Å². The van der Waals surface area contributed by atoms with E-state index in [1.807, 2.05) is 6.92 Å². The van der Waals surface area contributed by atoms with Crippen LogP contribution < -0.4 is 5.32 Å². The second-order valence-electron chi connectivity index (χ2n) is 5.21. The summed E-state index contributed by atoms with van der Waals surface area (Å²) in [4.78, 5) is 0. The largest absolute Gasteiger partial charge is 0.406 e. The number of halogens is 3. The molecule has 0 aromatic rings. The molecule has 2 atom stereocenters. The topological polar surface area (TPSA) is 12.0 Å². The third-order valence-corrected chi connectivity index (χ3v) is 4.03. The molecule has 0 saturated heterocycles. The van der Waals surface area contributed by atoms with E-state index < -0.39 is 11.7 Å². The Hall–Kier alpha value is -0.250. The Labute approximate surface area is 102 Å². The maximum Gasteiger partial charge on any atom is 0.406 e. The van der Waals surface area contributed by atoms with Crippen LogP contribution in [0, 0.1) is 5.92 Å². The Balaban J connectivity index is 2.76. The van der Waals surface area contributed by atoms with Gasteiger partial charge in [0, 0.05) is 0 Å². The Bertz CT molecular complexity index is 227. The third kappa shape index (κ3) is 3.60. The van der Waals surface area contributed by atoms with Crippen molar-refractivity contribution >= 4 is 0 Å². The van der Waals surface area contributed by atoms with Crippen LogP contribution in [0.2, 0.25) is 0 Å². The van der Waals surface area contributed by atoms with Gasteiger partial charge in [0.1, 0.15) is 5.54 Å². The minimum Gasteiger partial charge on any atom is -0.304 e. The van der Waals surface area contributed by atoms with Gasteiger partial charge in [0.05, 0.1) is 0 Å². The first-order valence-corrected chi connectivity index (χ1v) is 6.77. The number of hydrogen-bond acceptors (Lipinski definition) is 1. The lowest BCUT2D eigenvalue weighted by atomic mass is 9.88. The van der Waals surface area contributed by atoms with Crippen LogP contribution in [-0.2, 0) is 0 Å². The van der Waals surface area contributed by atoms with Crippen molar-refractivity contribution in [2.45, 2.75) is 70.5 Å². The molecule has 0 aromatic heterocycles. The van der Waals surface area contributed by atoms with Crippen molar-refractivity contribution in [1.29, 1.82) is 0 Å². The minimum atomic E-state index is -4.12. The fraction of sp³-hybridized carbons (Fsp3) is 1.00. The van der Waals surface area contributed by atoms with Crippen LogP contribution in [0.25, 0.3) is 0 Å². The zero-order chi connectivity index (χ0) is 12.9. The molecule has 102 valence electrons. The highest BCUT2D eigenvalue weighted by Gasteiger charge is 2.54. The second-order valence-corrected chi connectivity index (χ2v) is 5.21. The first kappa shape index (κ1) is 14.8. The molecule has 4 heteroatoms. The molecule has 0 aliphatic heterocycles. The van der Waals surface area contributed by atoms with Crippen LogP contribution in [0.4, 0.5) is 13.2 Å². The monoisotopic (exact) mass is 251 g/mol. The molecule has 1 rings (SSSR count).